The lowest BCUT2D eigenvalue weighted by Gasteiger charge is -2.37. The van der Waals surface area contributed by atoms with Gasteiger partial charge in [0, 0.05) is 21.0 Å². The lowest BCUT2D eigenvalue weighted by Crippen LogP contribution is -2.49. The Hall–Kier alpha value is -1.40. The van der Waals surface area contributed by atoms with Crippen LogP contribution in [0.15, 0.2) is 12.7 Å². The quantitative estimate of drug-likeness (QED) is 0.530. The Kier molecular flexibility index (Phi) is 6.56. The molecule has 6 heteroatoms. The average molecular weight is 314 g/mol. The normalized spacial score (nSPS) is 32.3. The second kappa shape index (κ2) is 7.74. The molecule has 5 atom stereocenters. The van der Waals surface area contributed by atoms with Gasteiger partial charge in [-0.25, -0.2) is 0 Å². The molecule has 1 heterocycles. The summed E-state index contributed by atoms with van der Waals surface area (Å²) in [7, 11) is 1.53. The highest BCUT2D eigenvalue weighted by atomic mass is 16.7. The highest BCUT2D eigenvalue weighted by Crippen LogP contribution is 2.44. The molecule has 1 aliphatic rings. The summed E-state index contributed by atoms with van der Waals surface area (Å²) in [6, 6.07) is 0. The Morgan fingerprint density at radius 2 is 1.91 bits per heavy atom. The fourth-order valence-electron chi connectivity index (χ4n) is 3.15. The maximum atomic E-state index is 11.4. The van der Waals surface area contributed by atoms with Crippen LogP contribution in [0.3, 0.4) is 0 Å². The summed E-state index contributed by atoms with van der Waals surface area (Å²) in [6.45, 7) is 10.3. The molecule has 0 spiro atoms. The maximum Gasteiger partial charge on any atom is 0.305 e. The van der Waals surface area contributed by atoms with Crippen molar-refractivity contribution in [1.82, 2.24) is 0 Å². The van der Waals surface area contributed by atoms with Gasteiger partial charge in [-0.3, -0.25) is 9.59 Å². The summed E-state index contributed by atoms with van der Waals surface area (Å²) in [5.74, 6) is -0.921. The van der Waals surface area contributed by atoms with Gasteiger partial charge in [-0.1, -0.05) is 19.9 Å². The minimum absolute atomic E-state index is 0.0542. The van der Waals surface area contributed by atoms with Crippen molar-refractivity contribution in [1.29, 1.82) is 0 Å². The maximum absolute atomic E-state index is 11.4. The van der Waals surface area contributed by atoms with Gasteiger partial charge in [0.05, 0.1) is 0 Å². The molecule has 1 rings (SSSR count). The number of hydrogen-bond donors (Lipinski definition) is 0. The number of carbonyl (C=O) groups excluding carboxylic acids is 2. The van der Waals surface area contributed by atoms with E-state index in [0.29, 0.717) is 12.8 Å². The van der Waals surface area contributed by atoms with Crippen LogP contribution in [-0.2, 0) is 28.5 Å². The van der Waals surface area contributed by atoms with Crippen molar-refractivity contribution in [3.8, 4) is 0 Å². The van der Waals surface area contributed by atoms with Gasteiger partial charge in [0.2, 0.25) is 6.29 Å². The zero-order valence-electron chi connectivity index (χ0n) is 14.0. The molecule has 6 nitrogen and oxygen atoms in total. The van der Waals surface area contributed by atoms with Gasteiger partial charge in [-0.05, 0) is 18.8 Å². The first kappa shape index (κ1) is 18.6. The molecule has 22 heavy (non-hydrogen) atoms. The molecule has 0 amide bonds. The average Bonchev–Trinajstić information content (AvgIpc) is 2.72. The van der Waals surface area contributed by atoms with E-state index in [1.54, 1.807) is 6.08 Å². The van der Waals surface area contributed by atoms with Crippen LogP contribution in [0, 0.1) is 5.92 Å². The van der Waals surface area contributed by atoms with Crippen LogP contribution in [0.4, 0.5) is 0 Å². The van der Waals surface area contributed by atoms with Crippen LogP contribution >= 0.6 is 0 Å². The predicted molar refractivity (Wildman–Crippen MR) is 80.0 cm³/mol. The number of methoxy groups -OCH3 is 1. The Labute approximate surface area is 131 Å². The monoisotopic (exact) mass is 314 g/mol. The van der Waals surface area contributed by atoms with Crippen LogP contribution in [0.5, 0.6) is 0 Å². The topological polar surface area (TPSA) is 71.1 Å². The summed E-state index contributed by atoms with van der Waals surface area (Å²) in [5, 5.41) is 0. The summed E-state index contributed by atoms with van der Waals surface area (Å²) in [5.41, 5.74) is -0.719. The number of ether oxygens (including phenoxy) is 4. The van der Waals surface area contributed by atoms with Crippen molar-refractivity contribution in [3.05, 3.63) is 12.7 Å². The largest absolute Gasteiger partial charge is 0.453 e. The fourth-order valence-corrected chi connectivity index (χ4v) is 3.15. The van der Waals surface area contributed by atoms with E-state index in [-0.39, 0.29) is 5.92 Å². The molecule has 0 aromatic rings. The molecule has 1 saturated heterocycles. The van der Waals surface area contributed by atoms with Crippen molar-refractivity contribution in [2.45, 2.75) is 64.6 Å². The molecule has 126 valence electrons. The van der Waals surface area contributed by atoms with E-state index >= 15 is 0 Å². The molecule has 0 radical (unpaired) electrons. The number of allylic oxidation sites excluding steroid dienone is 1. The first-order valence-corrected chi connectivity index (χ1v) is 7.48. The fraction of sp³-hybridized carbons (Fsp3) is 0.750. The van der Waals surface area contributed by atoms with E-state index < -0.39 is 36.0 Å². The van der Waals surface area contributed by atoms with Crippen molar-refractivity contribution >= 4 is 11.9 Å². The number of carbonyl (C=O) groups is 2. The molecule has 0 bridgehead atoms. The standard InChI is InChI=1S/C16H26O6/c1-7-9-10(3)16(8-2)14(19-6)13(20-11(4)17)15(22-16)21-12(5)18/h7,10,13-15H,1,8-9H2,2-6H3/t10-,13-,14+,15?,16+/m1/s1. The summed E-state index contributed by atoms with van der Waals surface area (Å²) in [4.78, 5) is 22.7. The minimum Gasteiger partial charge on any atom is -0.453 e. The van der Waals surface area contributed by atoms with E-state index in [0.717, 1.165) is 0 Å². The van der Waals surface area contributed by atoms with Crippen LogP contribution in [-0.4, -0.2) is 43.1 Å². The molecule has 1 fully saturated rings. The third-order valence-electron chi connectivity index (χ3n) is 4.13. The van der Waals surface area contributed by atoms with E-state index in [2.05, 4.69) is 6.58 Å². The first-order chi connectivity index (χ1) is 10.3. The summed E-state index contributed by atoms with van der Waals surface area (Å²) < 4.78 is 22.1. The SMILES string of the molecule is C=CC[C@@H](C)[C@]1(CC)OC(OC(C)=O)[C@H](OC(C)=O)[C@@H]1OC. The molecule has 0 N–H and O–H groups in total. The van der Waals surface area contributed by atoms with Gasteiger partial charge >= 0.3 is 11.9 Å². The molecular formula is C16H26O6. The van der Waals surface area contributed by atoms with Gasteiger partial charge in [0.15, 0.2) is 6.10 Å². The van der Waals surface area contributed by atoms with E-state index in [1.165, 1.54) is 21.0 Å². The summed E-state index contributed by atoms with van der Waals surface area (Å²) >= 11 is 0. The van der Waals surface area contributed by atoms with Crippen LogP contribution in [0.2, 0.25) is 0 Å². The Morgan fingerprint density at radius 1 is 1.32 bits per heavy atom. The van der Waals surface area contributed by atoms with Crippen molar-refractivity contribution in [2.24, 2.45) is 5.92 Å². The third kappa shape index (κ3) is 3.67. The third-order valence-corrected chi connectivity index (χ3v) is 4.13. The van der Waals surface area contributed by atoms with Gasteiger partial charge in [0.1, 0.15) is 11.7 Å². The highest BCUT2D eigenvalue weighted by Gasteiger charge is 2.59. The second-order valence-electron chi connectivity index (χ2n) is 5.56. The smallest absolute Gasteiger partial charge is 0.305 e. The zero-order chi connectivity index (χ0) is 16.9. The van der Waals surface area contributed by atoms with Gasteiger partial charge < -0.3 is 18.9 Å². The molecule has 0 saturated carbocycles. The van der Waals surface area contributed by atoms with E-state index in [9.17, 15) is 9.59 Å². The predicted octanol–water partition coefficient (Wildman–Crippen LogP) is 2.21. The van der Waals surface area contributed by atoms with Crippen molar-refractivity contribution in [3.63, 3.8) is 0 Å². The van der Waals surface area contributed by atoms with Crippen molar-refractivity contribution in [2.75, 3.05) is 7.11 Å². The molecule has 0 aromatic carbocycles. The Morgan fingerprint density at radius 3 is 2.32 bits per heavy atom. The summed E-state index contributed by atoms with van der Waals surface area (Å²) in [6.07, 6.45) is 0.833. The molecular weight excluding hydrogens is 288 g/mol. The van der Waals surface area contributed by atoms with Crippen molar-refractivity contribution < 1.29 is 28.5 Å². The molecule has 0 aliphatic carbocycles. The number of esters is 2. The van der Waals surface area contributed by atoms with Crippen LogP contribution in [0.25, 0.3) is 0 Å². The highest BCUT2D eigenvalue weighted by molar-refractivity contribution is 5.67. The van der Waals surface area contributed by atoms with Gasteiger partial charge in [0.25, 0.3) is 0 Å². The minimum atomic E-state index is -0.974. The van der Waals surface area contributed by atoms with E-state index in [4.69, 9.17) is 18.9 Å². The van der Waals surface area contributed by atoms with Crippen LogP contribution < -0.4 is 0 Å². The Balaban J connectivity index is 3.18. The van der Waals surface area contributed by atoms with Gasteiger partial charge in [-0.2, -0.15) is 0 Å². The van der Waals surface area contributed by atoms with Gasteiger partial charge in [-0.15, -0.1) is 6.58 Å². The Bertz CT molecular complexity index is 421. The number of hydrogen-bond acceptors (Lipinski definition) is 6. The molecule has 1 unspecified atom stereocenters. The van der Waals surface area contributed by atoms with E-state index in [1.807, 2.05) is 13.8 Å². The first-order valence-electron chi connectivity index (χ1n) is 7.48. The molecule has 0 aromatic heterocycles. The lowest BCUT2D eigenvalue weighted by atomic mass is 9.79. The van der Waals surface area contributed by atoms with Crippen LogP contribution in [0.1, 0.15) is 40.5 Å². The second-order valence-corrected chi connectivity index (χ2v) is 5.56. The lowest BCUT2D eigenvalue weighted by molar-refractivity contribution is -0.211. The zero-order valence-corrected chi connectivity index (χ0v) is 14.0. The number of rotatable bonds is 7. The molecule has 1 aliphatic heterocycles.